The summed E-state index contributed by atoms with van der Waals surface area (Å²) in [6.07, 6.45) is -0.120. The van der Waals surface area contributed by atoms with E-state index in [1.165, 1.54) is 0 Å². The van der Waals surface area contributed by atoms with Gasteiger partial charge in [-0.1, -0.05) is 52.2 Å². The maximum atomic E-state index is 13.2. The van der Waals surface area contributed by atoms with Crippen LogP contribution in [0.1, 0.15) is 63.5 Å². The Morgan fingerprint density at radius 1 is 1.15 bits per heavy atom. The highest BCUT2D eigenvalue weighted by Gasteiger charge is 2.36. The van der Waals surface area contributed by atoms with Gasteiger partial charge in [0.15, 0.2) is 0 Å². The number of benzene rings is 1. The predicted molar refractivity (Wildman–Crippen MR) is 100 cm³/mol. The Balaban J connectivity index is 2.17. The van der Waals surface area contributed by atoms with Crippen molar-refractivity contribution < 1.29 is 17.9 Å². The van der Waals surface area contributed by atoms with E-state index >= 15 is 0 Å². The molecule has 1 heterocycles. The maximum absolute atomic E-state index is 13.2. The van der Waals surface area contributed by atoms with Crippen LogP contribution in [-0.2, 0) is 6.18 Å². The van der Waals surface area contributed by atoms with Crippen molar-refractivity contribution in [2.24, 2.45) is 0 Å². The number of ether oxygens (including phenoxy) is 1. The molecule has 2 aromatic rings. The van der Waals surface area contributed by atoms with E-state index in [9.17, 15) is 13.2 Å². The summed E-state index contributed by atoms with van der Waals surface area (Å²) in [5, 5.41) is 2.96. The predicted octanol–water partition coefficient (Wildman–Crippen LogP) is 6.32. The average molecular weight is 381 g/mol. The van der Waals surface area contributed by atoms with Gasteiger partial charge in [0, 0.05) is 11.9 Å². The van der Waals surface area contributed by atoms with Gasteiger partial charge in [-0.3, -0.25) is 0 Å². The van der Waals surface area contributed by atoms with Gasteiger partial charge in [-0.05, 0) is 30.0 Å². The minimum Gasteiger partial charge on any atom is -0.477 e. The van der Waals surface area contributed by atoms with Gasteiger partial charge in [0.2, 0.25) is 11.8 Å². The molecule has 0 unspecified atom stereocenters. The highest BCUT2D eigenvalue weighted by Crippen LogP contribution is 2.35. The Hall–Kier alpha value is -2.31. The zero-order chi connectivity index (χ0) is 19.9. The Labute approximate surface area is 158 Å². The SMILES string of the molecule is CCCCCCOc1nc(Nc2cccc(C(C)C)c2)ncc1C(F)(F)F. The van der Waals surface area contributed by atoms with Gasteiger partial charge in [0.05, 0.1) is 6.61 Å². The molecule has 27 heavy (non-hydrogen) atoms. The van der Waals surface area contributed by atoms with Crippen molar-refractivity contribution in [3.63, 3.8) is 0 Å². The van der Waals surface area contributed by atoms with Crippen molar-refractivity contribution in [2.45, 2.75) is 58.5 Å². The van der Waals surface area contributed by atoms with E-state index in [0.29, 0.717) is 12.3 Å². The van der Waals surface area contributed by atoms with E-state index in [-0.39, 0.29) is 12.6 Å². The highest BCUT2D eigenvalue weighted by atomic mass is 19.4. The largest absolute Gasteiger partial charge is 0.477 e. The Morgan fingerprint density at radius 3 is 2.59 bits per heavy atom. The van der Waals surface area contributed by atoms with Crippen LogP contribution in [0.4, 0.5) is 24.8 Å². The van der Waals surface area contributed by atoms with Gasteiger partial charge in [0.1, 0.15) is 5.56 Å². The quantitative estimate of drug-likeness (QED) is 0.516. The number of nitrogens with one attached hydrogen (secondary N) is 1. The van der Waals surface area contributed by atoms with E-state index < -0.39 is 17.6 Å². The first-order chi connectivity index (χ1) is 12.8. The Morgan fingerprint density at radius 2 is 1.93 bits per heavy atom. The summed E-state index contributed by atoms with van der Waals surface area (Å²) < 4.78 is 44.9. The average Bonchev–Trinajstić information content (AvgIpc) is 2.61. The molecule has 0 bridgehead atoms. The zero-order valence-electron chi connectivity index (χ0n) is 15.9. The third kappa shape index (κ3) is 6.41. The number of aromatic nitrogens is 2. The van der Waals surface area contributed by atoms with Crippen LogP contribution >= 0.6 is 0 Å². The van der Waals surface area contributed by atoms with E-state index in [2.05, 4.69) is 36.1 Å². The van der Waals surface area contributed by atoms with Crippen LogP contribution in [0.5, 0.6) is 5.88 Å². The highest BCUT2D eigenvalue weighted by molar-refractivity contribution is 5.55. The van der Waals surface area contributed by atoms with E-state index in [0.717, 1.165) is 36.7 Å². The number of anilines is 2. The molecule has 2 rings (SSSR count). The van der Waals surface area contributed by atoms with Crippen molar-refractivity contribution in [2.75, 3.05) is 11.9 Å². The van der Waals surface area contributed by atoms with Crippen LogP contribution in [-0.4, -0.2) is 16.6 Å². The number of hydrogen-bond acceptors (Lipinski definition) is 4. The monoisotopic (exact) mass is 381 g/mol. The molecule has 0 radical (unpaired) electrons. The summed E-state index contributed by atoms with van der Waals surface area (Å²) in [6, 6.07) is 7.62. The third-order valence-corrected chi connectivity index (χ3v) is 4.11. The standard InChI is InChI=1S/C20H26F3N3O/c1-4-5-6-7-11-27-18-17(20(21,22)23)13-24-19(26-18)25-16-10-8-9-15(12-16)14(2)3/h8-10,12-14H,4-7,11H2,1-3H3,(H,24,25,26). The second-order valence-corrected chi connectivity index (χ2v) is 6.72. The first-order valence-electron chi connectivity index (χ1n) is 9.25. The molecule has 0 aliphatic heterocycles. The first-order valence-corrected chi connectivity index (χ1v) is 9.25. The van der Waals surface area contributed by atoms with E-state index in [1.807, 2.05) is 24.3 Å². The maximum Gasteiger partial charge on any atom is 0.423 e. The lowest BCUT2D eigenvalue weighted by molar-refractivity contribution is -0.139. The summed E-state index contributed by atoms with van der Waals surface area (Å²) in [5.74, 6) is -0.0220. The summed E-state index contributed by atoms with van der Waals surface area (Å²) in [5.41, 5.74) is 0.869. The van der Waals surface area contributed by atoms with Crippen LogP contribution in [0, 0.1) is 0 Å². The van der Waals surface area contributed by atoms with Crippen molar-refractivity contribution in [1.29, 1.82) is 0 Å². The minimum atomic E-state index is -4.56. The minimum absolute atomic E-state index is 0.0764. The molecular weight excluding hydrogens is 355 g/mol. The lowest BCUT2D eigenvalue weighted by Gasteiger charge is -2.14. The lowest BCUT2D eigenvalue weighted by Crippen LogP contribution is -2.13. The van der Waals surface area contributed by atoms with Crippen LogP contribution in [0.3, 0.4) is 0 Å². The fraction of sp³-hybridized carbons (Fsp3) is 0.500. The van der Waals surface area contributed by atoms with Gasteiger partial charge < -0.3 is 10.1 Å². The van der Waals surface area contributed by atoms with Crippen LogP contribution in [0.15, 0.2) is 30.5 Å². The Bertz CT molecular complexity index is 733. The lowest BCUT2D eigenvalue weighted by atomic mass is 10.0. The fourth-order valence-electron chi connectivity index (χ4n) is 2.53. The zero-order valence-corrected chi connectivity index (χ0v) is 15.9. The second-order valence-electron chi connectivity index (χ2n) is 6.72. The summed E-state index contributed by atoms with van der Waals surface area (Å²) in [7, 11) is 0. The fourth-order valence-corrected chi connectivity index (χ4v) is 2.53. The second kappa shape index (κ2) is 9.58. The molecule has 0 saturated heterocycles. The van der Waals surface area contributed by atoms with Gasteiger partial charge in [-0.15, -0.1) is 0 Å². The van der Waals surface area contributed by atoms with Crippen LogP contribution < -0.4 is 10.1 Å². The molecule has 1 aromatic carbocycles. The van der Waals surface area contributed by atoms with Gasteiger partial charge in [-0.25, -0.2) is 4.98 Å². The molecule has 0 spiro atoms. The summed E-state index contributed by atoms with van der Waals surface area (Å²) in [4.78, 5) is 7.77. The van der Waals surface area contributed by atoms with Gasteiger partial charge >= 0.3 is 6.18 Å². The van der Waals surface area contributed by atoms with Crippen molar-refractivity contribution in [1.82, 2.24) is 9.97 Å². The number of unbranched alkanes of at least 4 members (excludes halogenated alkanes) is 3. The van der Waals surface area contributed by atoms with Gasteiger partial charge in [0.25, 0.3) is 0 Å². The number of alkyl halides is 3. The Kier molecular flexibility index (Phi) is 7.45. The van der Waals surface area contributed by atoms with E-state index in [4.69, 9.17) is 4.74 Å². The van der Waals surface area contributed by atoms with Gasteiger partial charge in [-0.2, -0.15) is 18.2 Å². The van der Waals surface area contributed by atoms with Crippen molar-refractivity contribution in [3.8, 4) is 5.88 Å². The molecule has 0 amide bonds. The molecule has 148 valence electrons. The number of rotatable bonds is 9. The molecule has 7 heteroatoms. The number of nitrogens with zero attached hydrogens (tertiary/aromatic N) is 2. The molecule has 1 aromatic heterocycles. The molecule has 1 N–H and O–H groups in total. The normalized spacial score (nSPS) is 11.7. The summed E-state index contributed by atoms with van der Waals surface area (Å²) >= 11 is 0. The van der Waals surface area contributed by atoms with Crippen LogP contribution in [0.2, 0.25) is 0 Å². The first kappa shape index (κ1) is 21.0. The number of halogens is 3. The summed E-state index contributed by atoms with van der Waals surface area (Å²) in [6.45, 7) is 6.40. The van der Waals surface area contributed by atoms with Crippen LogP contribution in [0.25, 0.3) is 0 Å². The molecule has 0 saturated carbocycles. The molecule has 0 atom stereocenters. The molecule has 0 aliphatic rings. The smallest absolute Gasteiger partial charge is 0.423 e. The number of hydrogen-bond donors (Lipinski definition) is 1. The molecule has 4 nitrogen and oxygen atoms in total. The third-order valence-electron chi connectivity index (χ3n) is 4.11. The van der Waals surface area contributed by atoms with Crippen molar-refractivity contribution >= 4 is 11.6 Å². The van der Waals surface area contributed by atoms with Crippen molar-refractivity contribution in [3.05, 3.63) is 41.6 Å². The molecule has 0 aliphatic carbocycles. The topological polar surface area (TPSA) is 47.0 Å². The molecular formula is C20H26F3N3O. The van der Waals surface area contributed by atoms with E-state index in [1.54, 1.807) is 0 Å². The molecule has 0 fully saturated rings.